The standard InChI is InChI=1S/C19H20Cl2N4O5/c1-3-29-18(27)15-16(23-14-10-12(21)11(20)9-13(14)22-15)24-5-7-25(8-6-24)17(26)19(28)30-4-2/h9-10H,3-8H2,1-2H3. The Morgan fingerprint density at radius 1 is 0.933 bits per heavy atom. The van der Waals surface area contributed by atoms with Crippen molar-refractivity contribution in [2.75, 3.05) is 44.3 Å². The fraction of sp³-hybridized carbons (Fsp3) is 0.421. The van der Waals surface area contributed by atoms with Gasteiger partial charge in [-0.25, -0.2) is 19.6 Å². The molecule has 0 unspecified atom stereocenters. The molecule has 1 aromatic heterocycles. The molecule has 1 fully saturated rings. The van der Waals surface area contributed by atoms with Crippen molar-refractivity contribution >= 4 is 57.9 Å². The van der Waals surface area contributed by atoms with Crippen molar-refractivity contribution in [3.63, 3.8) is 0 Å². The van der Waals surface area contributed by atoms with Crippen LogP contribution in [0.4, 0.5) is 5.82 Å². The molecule has 11 heteroatoms. The fourth-order valence-corrected chi connectivity index (χ4v) is 3.36. The lowest BCUT2D eigenvalue weighted by Crippen LogP contribution is -2.51. The second-order valence-corrected chi connectivity index (χ2v) is 7.19. The summed E-state index contributed by atoms with van der Waals surface area (Å²) in [6, 6.07) is 3.11. The fourth-order valence-electron chi connectivity index (χ4n) is 3.04. The van der Waals surface area contributed by atoms with Gasteiger partial charge in [0, 0.05) is 26.2 Å². The maximum Gasteiger partial charge on any atom is 0.397 e. The first-order chi connectivity index (χ1) is 14.3. The van der Waals surface area contributed by atoms with Crippen molar-refractivity contribution in [3.05, 3.63) is 27.9 Å². The van der Waals surface area contributed by atoms with Crippen LogP contribution in [0.1, 0.15) is 24.3 Å². The summed E-state index contributed by atoms with van der Waals surface area (Å²) in [6.45, 7) is 4.87. The Bertz CT molecular complexity index is 993. The Morgan fingerprint density at radius 3 is 2.07 bits per heavy atom. The van der Waals surface area contributed by atoms with Crippen molar-refractivity contribution in [2.45, 2.75) is 13.8 Å². The molecule has 1 aromatic carbocycles. The molecule has 2 heterocycles. The van der Waals surface area contributed by atoms with Gasteiger partial charge in [0.1, 0.15) is 0 Å². The largest absolute Gasteiger partial charge is 0.461 e. The predicted molar refractivity (Wildman–Crippen MR) is 111 cm³/mol. The quantitative estimate of drug-likeness (QED) is 0.512. The predicted octanol–water partition coefficient (Wildman–Crippen LogP) is 2.33. The van der Waals surface area contributed by atoms with Gasteiger partial charge in [0.05, 0.1) is 34.3 Å². The van der Waals surface area contributed by atoms with Gasteiger partial charge < -0.3 is 19.3 Å². The Labute approximate surface area is 182 Å². The smallest absolute Gasteiger partial charge is 0.397 e. The van der Waals surface area contributed by atoms with Gasteiger partial charge >= 0.3 is 17.8 Å². The number of halogens is 2. The average Bonchev–Trinajstić information content (AvgIpc) is 2.73. The monoisotopic (exact) mass is 454 g/mol. The van der Waals surface area contributed by atoms with Crippen molar-refractivity contribution < 1.29 is 23.9 Å². The maximum atomic E-state index is 12.5. The Morgan fingerprint density at radius 2 is 1.50 bits per heavy atom. The molecule has 9 nitrogen and oxygen atoms in total. The van der Waals surface area contributed by atoms with Crippen molar-refractivity contribution in [2.24, 2.45) is 0 Å². The van der Waals surface area contributed by atoms with Crippen LogP contribution in [-0.4, -0.2) is 72.1 Å². The van der Waals surface area contributed by atoms with Crippen LogP contribution in [0.2, 0.25) is 10.0 Å². The minimum Gasteiger partial charge on any atom is -0.461 e. The first kappa shape index (κ1) is 22.0. The molecule has 0 aliphatic carbocycles. The molecule has 0 saturated carbocycles. The molecule has 30 heavy (non-hydrogen) atoms. The highest BCUT2D eigenvalue weighted by atomic mass is 35.5. The van der Waals surface area contributed by atoms with Crippen LogP contribution in [-0.2, 0) is 19.1 Å². The number of aromatic nitrogens is 2. The maximum absolute atomic E-state index is 12.5. The lowest BCUT2D eigenvalue weighted by atomic mass is 10.2. The molecule has 0 spiro atoms. The molecule has 3 rings (SSSR count). The molecule has 1 saturated heterocycles. The lowest BCUT2D eigenvalue weighted by Gasteiger charge is -2.35. The van der Waals surface area contributed by atoms with Crippen LogP contribution in [0.25, 0.3) is 11.0 Å². The lowest BCUT2D eigenvalue weighted by molar-refractivity contribution is -0.160. The molecule has 0 radical (unpaired) electrons. The third-order valence-electron chi connectivity index (χ3n) is 4.47. The summed E-state index contributed by atoms with van der Waals surface area (Å²) in [5, 5.41) is 0.616. The zero-order chi connectivity index (χ0) is 21.8. The molecule has 1 aliphatic rings. The van der Waals surface area contributed by atoms with Gasteiger partial charge in [-0.2, -0.15) is 0 Å². The van der Waals surface area contributed by atoms with E-state index in [1.54, 1.807) is 19.9 Å². The first-order valence-electron chi connectivity index (χ1n) is 9.40. The van der Waals surface area contributed by atoms with E-state index in [0.29, 0.717) is 40.0 Å². The summed E-state index contributed by atoms with van der Waals surface area (Å²) in [6.07, 6.45) is 0. The van der Waals surface area contributed by atoms with E-state index in [0.717, 1.165) is 0 Å². The number of amides is 1. The summed E-state index contributed by atoms with van der Waals surface area (Å²) < 4.78 is 9.89. The molecule has 0 N–H and O–H groups in total. The summed E-state index contributed by atoms with van der Waals surface area (Å²) in [5.74, 6) is -1.86. The van der Waals surface area contributed by atoms with E-state index in [1.807, 2.05) is 4.90 Å². The number of rotatable bonds is 4. The zero-order valence-corrected chi connectivity index (χ0v) is 18.0. The zero-order valence-electron chi connectivity index (χ0n) is 16.5. The molecule has 2 aromatic rings. The summed E-state index contributed by atoms with van der Waals surface area (Å²) in [7, 11) is 0. The minimum absolute atomic E-state index is 0.0490. The van der Waals surface area contributed by atoms with E-state index >= 15 is 0 Å². The molecule has 0 atom stereocenters. The summed E-state index contributed by atoms with van der Waals surface area (Å²) in [5.41, 5.74) is 0.928. The Kier molecular flexibility index (Phi) is 6.94. The number of anilines is 1. The van der Waals surface area contributed by atoms with E-state index in [4.69, 9.17) is 32.7 Å². The Hall–Kier alpha value is -2.65. The number of piperazine rings is 1. The van der Waals surface area contributed by atoms with Gasteiger partial charge in [-0.1, -0.05) is 23.2 Å². The summed E-state index contributed by atoms with van der Waals surface area (Å²) >= 11 is 12.2. The number of ether oxygens (including phenoxy) is 2. The number of fused-ring (bicyclic) bond motifs is 1. The molecule has 160 valence electrons. The number of carbonyl (C=O) groups is 3. The third-order valence-corrected chi connectivity index (χ3v) is 5.20. The van der Waals surface area contributed by atoms with Crippen LogP contribution in [0, 0.1) is 0 Å². The highest BCUT2D eigenvalue weighted by Crippen LogP contribution is 2.29. The second-order valence-electron chi connectivity index (χ2n) is 6.37. The average molecular weight is 455 g/mol. The van der Waals surface area contributed by atoms with Crippen LogP contribution >= 0.6 is 23.2 Å². The van der Waals surface area contributed by atoms with Gasteiger partial charge in [-0.15, -0.1) is 0 Å². The van der Waals surface area contributed by atoms with E-state index < -0.39 is 17.8 Å². The molecule has 0 bridgehead atoms. The van der Waals surface area contributed by atoms with Crippen LogP contribution in [0.3, 0.4) is 0 Å². The van der Waals surface area contributed by atoms with Crippen LogP contribution < -0.4 is 4.90 Å². The van der Waals surface area contributed by atoms with Gasteiger partial charge in [0.15, 0.2) is 11.5 Å². The van der Waals surface area contributed by atoms with Crippen LogP contribution in [0.5, 0.6) is 0 Å². The van der Waals surface area contributed by atoms with E-state index in [9.17, 15) is 14.4 Å². The topological polar surface area (TPSA) is 102 Å². The molecular weight excluding hydrogens is 435 g/mol. The second kappa shape index (κ2) is 9.44. The van der Waals surface area contributed by atoms with E-state index in [2.05, 4.69) is 9.97 Å². The number of benzene rings is 1. The van der Waals surface area contributed by atoms with Gasteiger partial charge in [-0.05, 0) is 26.0 Å². The number of nitrogens with zero attached hydrogens (tertiary/aromatic N) is 4. The van der Waals surface area contributed by atoms with Crippen molar-refractivity contribution in [1.29, 1.82) is 0 Å². The molecule has 1 amide bonds. The van der Waals surface area contributed by atoms with Gasteiger partial charge in [0.2, 0.25) is 0 Å². The van der Waals surface area contributed by atoms with Crippen molar-refractivity contribution in [3.8, 4) is 0 Å². The number of hydrogen-bond acceptors (Lipinski definition) is 8. The highest BCUT2D eigenvalue weighted by Gasteiger charge is 2.30. The molecular formula is C19H20Cl2N4O5. The summed E-state index contributed by atoms with van der Waals surface area (Å²) in [4.78, 5) is 48.5. The number of hydrogen-bond donors (Lipinski definition) is 0. The minimum atomic E-state index is -0.879. The van der Waals surface area contributed by atoms with Crippen LogP contribution in [0.15, 0.2) is 12.1 Å². The molecule has 1 aliphatic heterocycles. The normalized spacial score (nSPS) is 14.0. The highest BCUT2D eigenvalue weighted by molar-refractivity contribution is 6.42. The Balaban J connectivity index is 1.90. The first-order valence-corrected chi connectivity index (χ1v) is 10.2. The number of esters is 2. The number of carbonyl (C=O) groups excluding carboxylic acids is 3. The van der Waals surface area contributed by atoms with Crippen molar-refractivity contribution in [1.82, 2.24) is 14.9 Å². The SMILES string of the molecule is CCOC(=O)C(=O)N1CCN(c2nc3cc(Cl)c(Cl)cc3nc2C(=O)OCC)CC1. The van der Waals surface area contributed by atoms with Gasteiger partial charge in [0.25, 0.3) is 0 Å². The van der Waals surface area contributed by atoms with Gasteiger partial charge in [-0.3, -0.25) is 4.79 Å². The van der Waals surface area contributed by atoms with E-state index in [1.165, 1.54) is 11.0 Å². The third kappa shape index (κ3) is 4.57. The van der Waals surface area contributed by atoms with E-state index in [-0.39, 0.29) is 32.0 Å².